The van der Waals surface area contributed by atoms with Crippen molar-refractivity contribution in [2.24, 2.45) is 5.92 Å². The van der Waals surface area contributed by atoms with Crippen LogP contribution in [0.4, 0.5) is 0 Å². The van der Waals surface area contributed by atoms with Crippen molar-refractivity contribution in [3.63, 3.8) is 0 Å². The number of benzene rings is 3. The van der Waals surface area contributed by atoms with Crippen LogP contribution in [-0.4, -0.2) is 53.3 Å². The Morgan fingerprint density at radius 3 is 1.95 bits per heavy atom. The highest BCUT2D eigenvalue weighted by atomic mass is 16.2. The van der Waals surface area contributed by atoms with Gasteiger partial charge in [-0.2, -0.15) is 0 Å². The topological polar surface area (TPSA) is 52.6 Å². The molecule has 4 rings (SSSR count). The number of piperazine rings is 1. The van der Waals surface area contributed by atoms with Crippen molar-refractivity contribution in [2.75, 3.05) is 19.6 Å². The third kappa shape index (κ3) is 7.78. The summed E-state index contributed by atoms with van der Waals surface area (Å²) in [5, 5.41) is 3.56. The zero-order valence-electron chi connectivity index (χ0n) is 22.8. The van der Waals surface area contributed by atoms with Gasteiger partial charge < -0.3 is 15.1 Å². The molecule has 1 fully saturated rings. The van der Waals surface area contributed by atoms with E-state index >= 15 is 0 Å². The number of nitrogens with zero attached hydrogens (tertiary/aromatic N) is 2. The molecule has 0 saturated carbocycles. The maximum Gasteiger partial charge on any atom is 0.312 e. The average molecular weight is 512 g/mol. The summed E-state index contributed by atoms with van der Waals surface area (Å²) < 4.78 is 0. The van der Waals surface area contributed by atoms with Crippen molar-refractivity contribution in [1.29, 1.82) is 0 Å². The van der Waals surface area contributed by atoms with Crippen LogP contribution in [-0.2, 0) is 29.0 Å². The van der Waals surface area contributed by atoms with E-state index in [2.05, 4.69) is 55.6 Å². The summed E-state index contributed by atoms with van der Waals surface area (Å²) in [6.45, 7) is 6.93. The Bertz CT molecular complexity index is 1130. The quantitative estimate of drug-likeness (QED) is 0.325. The Morgan fingerprint density at radius 1 is 0.763 bits per heavy atom. The zero-order chi connectivity index (χ0) is 26.7. The third-order valence-electron chi connectivity index (χ3n) is 7.42. The van der Waals surface area contributed by atoms with Gasteiger partial charge in [-0.05, 0) is 48.3 Å². The van der Waals surface area contributed by atoms with E-state index in [0.29, 0.717) is 25.6 Å². The van der Waals surface area contributed by atoms with E-state index in [-0.39, 0.29) is 23.9 Å². The van der Waals surface area contributed by atoms with E-state index in [9.17, 15) is 9.59 Å². The van der Waals surface area contributed by atoms with Crippen molar-refractivity contribution in [3.8, 4) is 0 Å². The first-order valence-corrected chi connectivity index (χ1v) is 14.0. The smallest absolute Gasteiger partial charge is 0.312 e. The van der Waals surface area contributed by atoms with E-state index in [0.717, 1.165) is 32.2 Å². The fourth-order valence-corrected chi connectivity index (χ4v) is 5.25. The highest BCUT2D eigenvalue weighted by molar-refractivity contribution is 6.35. The number of rotatable bonds is 13. The SMILES string of the molecule is CC(C)CC[C@@H](CNCc1ccccc1)N1C[C@H](Cc2ccccc2)N(CCc2ccccc2)C(=O)C1=O. The van der Waals surface area contributed by atoms with Gasteiger partial charge in [0.15, 0.2) is 0 Å². The van der Waals surface area contributed by atoms with Gasteiger partial charge in [0, 0.05) is 32.2 Å². The van der Waals surface area contributed by atoms with E-state index in [1.807, 2.05) is 64.4 Å². The van der Waals surface area contributed by atoms with Crippen molar-refractivity contribution >= 4 is 11.8 Å². The molecule has 0 radical (unpaired) electrons. The van der Waals surface area contributed by atoms with Crippen LogP contribution in [0.1, 0.15) is 43.4 Å². The first kappa shape index (κ1) is 27.6. The number of hydrogen-bond donors (Lipinski definition) is 1. The molecule has 5 heteroatoms. The number of carbonyl (C=O) groups is 2. The van der Waals surface area contributed by atoms with Crippen LogP contribution in [0.25, 0.3) is 0 Å². The molecule has 0 aliphatic carbocycles. The predicted molar refractivity (Wildman–Crippen MR) is 154 cm³/mol. The third-order valence-corrected chi connectivity index (χ3v) is 7.42. The lowest BCUT2D eigenvalue weighted by Crippen LogP contribution is -2.63. The van der Waals surface area contributed by atoms with Crippen LogP contribution in [0.3, 0.4) is 0 Å². The Labute approximate surface area is 227 Å². The predicted octanol–water partition coefficient (Wildman–Crippen LogP) is 5.11. The van der Waals surface area contributed by atoms with Gasteiger partial charge in [0.2, 0.25) is 0 Å². The summed E-state index contributed by atoms with van der Waals surface area (Å²) in [6, 6.07) is 30.7. The molecule has 1 heterocycles. The van der Waals surface area contributed by atoms with Gasteiger partial charge in [-0.15, -0.1) is 0 Å². The number of nitrogens with one attached hydrogen (secondary N) is 1. The summed E-state index contributed by atoms with van der Waals surface area (Å²) in [6.07, 6.45) is 3.36. The number of amides is 2. The van der Waals surface area contributed by atoms with Crippen molar-refractivity contribution < 1.29 is 9.59 Å². The van der Waals surface area contributed by atoms with E-state index < -0.39 is 0 Å². The van der Waals surface area contributed by atoms with Crippen LogP contribution in [0, 0.1) is 5.92 Å². The molecule has 0 bridgehead atoms. The Morgan fingerprint density at radius 2 is 1.34 bits per heavy atom. The molecule has 200 valence electrons. The zero-order valence-corrected chi connectivity index (χ0v) is 22.8. The van der Waals surface area contributed by atoms with Gasteiger partial charge >= 0.3 is 11.8 Å². The summed E-state index contributed by atoms with van der Waals surface area (Å²) >= 11 is 0. The van der Waals surface area contributed by atoms with Gasteiger partial charge in [-0.1, -0.05) is 105 Å². The minimum Gasteiger partial charge on any atom is -0.329 e. The molecule has 3 aromatic carbocycles. The lowest BCUT2D eigenvalue weighted by molar-refractivity contribution is -0.161. The molecule has 0 unspecified atom stereocenters. The molecule has 3 aromatic rings. The van der Waals surface area contributed by atoms with E-state index in [4.69, 9.17) is 0 Å². The molecule has 1 aliphatic heterocycles. The summed E-state index contributed by atoms with van der Waals surface area (Å²) in [5.41, 5.74) is 3.57. The van der Waals surface area contributed by atoms with E-state index in [1.165, 1.54) is 16.7 Å². The molecular weight excluding hydrogens is 470 g/mol. The maximum atomic E-state index is 13.6. The van der Waals surface area contributed by atoms with Gasteiger partial charge in [0.05, 0.1) is 6.04 Å². The molecule has 2 atom stereocenters. The van der Waals surface area contributed by atoms with Crippen molar-refractivity contribution in [2.45, 2.75) is 58.2 Å². The lowest BCUT2D eigenvalue weighted by atomic mass is 9.97. The monoisotopic (exact) mass is 511 g/mol. The normalized spacial score (nSPS) is 16.8. The highest BCUT2D eigenvalue weighted by Crippen LogP contribution is 2.22. The Balaban J connectivity index is 1.51. The first-order chi connectivity index (χ1) is 18.5. The fraction of sp³-hybridized carbons (Fsp3) is 0.394. The van der Waals surface area contributed by atoms with Crippen molar-refractivity contribution in [1.82, 2.24) is 15.1 Å². The average Bonchev–Trinajstić information content (AvgIpc) is 2.94. The first-order valence-electron chi connectivity index (χ1n) is 14.0. The van der Waals surface area contributed by atoms with Gasteiger partial charge in [-0.3, -0.25) is 9.59 Å². The van der Waals surface area contributed by atoms with Crippen LogP contribution in [0.15, 0.2) is 91.0 Å². The Kier molecular flexibility index (Phi) is 10.1. The van der Waals surface area contributed by atoms with Gasteiger partial charge in [-0.25, -0.2) is 0 Å². The molecular formula is C33H41N3O2. The number of hydrogen-bond acceptors (Lipinski definition) is 3. The largest absolute Gasteiger partial charge is 0.329 e. The van der Waals surface area contributed by atoms with Gasteiger partial charge in [0.1, 0.15) is 0 Å². The maximum absolute atomic E-state index is 13.6. The van der Waals surface area contributed by atoms with Crippen LogP contribution in [0.5, 0.6) is 0 Å². The molecule has 5 nitrogen and oxygen atoms in total. The van der Waals surface area contributed by atoms with Crippen LogP contribution in [0.2, 0.25) is 0 Å². The highest BCUT2D eigenvalue weighted by Gasteiger charge is 2.41. The molecule has 1 aliphatic rings. The summed E-state index contributed by atoms with van der Waals surface area (Å²) in [5.74, 6) is -0.201. The van der Waals surface area contributed by atoms with E-state index in [1.54, 1.807) is 0 Å². The lowest BCUT2D eigenvalue weighted by Gasteiger charge is -2.44. The molecule has 38 heavy (non-hydrogen) atoms. The Hall–Kier alpha value is -3.44. The second-order valence-corrected chi connectivity index (χ2v) is 10.8. The molecule has 0 spiro atoms. The number of carbonyl (C=O) groups excluding carboxylic acids is 2. The second kappa shape index (κ2) is 13.9. The fourth-order valence-electron chi connectivity index (χ4n) is 5.25. The summed E-state index contributed by atoms with van der Waals surface area (Å²) in [7, 11) is 0. The molecule has 1 N–H and O–H groups in total. The minimum absolute atomic E-state index is 0.0212. The molecule has 0 aromatic heterocycles. The van der Waals surface area contributed by atoms with Crippen molar-refractivity contribution in [3.05, 3.63) is 108 Å². The second-order valence-electron chi connectivity index (χ2n) is 10.8. The molecule has 1 saturated heterocycles. The summed E-state index contributed by atoms with van der Waals surface area (Å²) in [4.78, 5) is 30.9. The van der Waals surface area contributed by atoms with Crippen LogP contribution < -0.4 is 5.32 Å². The standard InChI is InChI=1S/C33H41N3O2/c1-26(2)18-19-30(24-34-23-29-16-10-5-11-17-29)36-25-31(22-28-14-8-4-9-15-28)35(32(37)33(36)38)21-20-27-12-6-3-7-13-27/h3-17,26,30-31,34H,18-25H2,1-2H3/t30-,31-/m0/s1. The molecule has 2 amide bonds. The van der Waals surface area contributed by atoms with Crippen LogP contribution >= 0.6 is 0 Å². The van der Waals surface area contributed by atoms with Gasteiger partial charge in [0.25, 0.3) is 0 Å². The minimum atomic E-state index is -0.370.